The second-order valence-corrected chi connectivity index (χ2v) is 32.6. The van der Waals surface area contributed by atoms with Crippen LogP contribution < -0.4 is 0 Å². The summed E-state index contributed by atoms with van der Waals surface area (Å²) in [6.45, 7) is 11.9. The van der Waals surface area contributed by atoms with E-state index in [0.29, 0.717) is 25.7 Å². The summed E-state index contributed by atoms with van der Waals surface area (Å²) in [5.41, 5.74) is 0. The average molecular weight is 1440 g/mol. The number of carbonyl (C=O) groups excluding carboxylic acids is 4. The van der Waals surface area contributed by atoms with Gasteiger partial charge in [0.25, 0.3) is 0 Å². The predicted molar refractivity (Wildman–Crippen MR) is 400 cm³/mol. The van der Waals surface area contributed by atoms with Gasteiger partial charge in [0.15, 0.2) is 12.2 Å². The van der Waals surface area contributed by atoms with Gasteiger partial charge in [-0.2, -0.15) is 0 Å². The fourth-order valence-electron chi connectivity index (χ4n) is 12.1. The number of phosphoric ester groups is 2. The number of unbranched alkanes of at least 4 members (excludes halogenated alkanes) is 44. The Bertz CT molecular complexity index is 1910. The molecule has 0 fully saturated rings. The maximum atomic E-state index is 13.1. The number of aliphatic hydroxyl groups excluding tert-OH is 1. The molecule has 0 bridgehead atoms. The lowest BCUT2D eigenvalue weighted by atomic mass is 10.00. The second kappa shape index (κ2) is 69.4. The van der Waals surface area contributed by atoms with Gasteiger partial charge in [0.05, 0.1) is 26.4 Å². The normalized spacial score (nSPS) is 14.3. The summed E-state index contributed by atoms with van der Waals surface area (Å²) in [4.78, 5) is 73.0. The highest BCUT2D eigenvalue weighted by molar-refractivity contribution is 7.47. The molecule has 0 rings (SSSR count). The second-order valence-electron chi connectivity index (χ2n) is 29.6. The van der Waals surface area contributed by atoms with Crippen molar-refractivity contribution in [2.24, 2.45) is 17.8 Å². The molecule has 582 valence electrons. The molecule has 0 heterocycles. The van der Waals surface area contributed by atoms with E-state index in [1.165, 1.54) is 212 Å². The van der Waals surface area contributed by atoms with E-state index in [9.17, 15) is 43.2 Å². The van der Waals surface area contributed by atoms with Crippen LogP contribution in [0.2, 0.25) is 0 Å². The number of rotatable bonds is 77. The molecule has 19 heteroatoms. The molecule has 0 aliphatic carbocycles. The Labute approximate surface area is 600 Å². The van der Waals surface area contributed by atoms with E-state index in [-0.39, 0.29) is 25.7 Å². The highest BCUT2D eigenvalue weighted by atomic mass is 31.2. The molecule has 0 aliphatic heterocycles. The van der Waals surface area contributed by atoms with Crippen molar-refractivity contribution in [1.82, 2.24) is 0 Å². The Morgan fingerprint density at radius 3 is 0.776 bits per heavy atom. The van der Waals surface area contributed by atoms with Crippen LogP contribution in [0.3, 0.4) is 0 Å². The molecular weight excluding hydrogens is 1280 g/mol. The molecule has 3 unspecified atom stereocenters. The van der Waals surface area contributed by atoms with Crippen molar-refractivity contribution < 1.29 is 80.2 Å². The molecule has 0 radical (unpaired) electrons. The third kappa shape index (κ3) is 71.1. The summed E-state index contributed by atoms with van der Waals surface area (Å²) < 4.78 is 68.7. The zero-order valence-electron chi connectivity index (χ0n) is 64.3. The number of carbonyl (C=O) groups is 4. The molecule has 0 saturated heterocycles. The first kappa shape index (κ1) is 96.1. The van der Waals surface area contributed by atoms with Crippen LogP contribution in [0.25, 0.3) is 0 Å². The first-order valence-corrected chi connectivity index (χ1v) is 43.9. The van der Waals surface area contributed by atoms with Crippen LogP contribution in [-0.4, -0.2) is 96.7 Å². The van der Waals surface area contributed by atoms with Gasteiger partial charge < -0.3 is 33.8 Å². The molecule has 17 nitrogen and oxygen atoms in total. The van der Waals surface area contributed by atoms with Gasteiger partial charge in [0, 0.05) is 25.7 Å². The lowest BCUT2D eigenvalue weighted by Crippen LogP contribution is -2.30. The van der Waals surface area contributed by atoms with E-state index in [4.69, 9.17) is 37.0 Å². The standard InChI is InChI=1S/C79H154O17P2/c1-8-10-11-12-13-14-15-16-18-22-29-34-39-48-55-63-79(84)96-75(67-90-77(82)61-54-47-42-41-45-52-59-72(7)9-2)69-94-98(87,88)92-65-73(80)64-91-97(85,86)93-68-74(66-89-76(81)60-53-46-38-33-28-25-24-27-32-37-44-51-58-71(5)6)95-78(83)62-56-49-40-35-30-23-20-17-19-21-26-31-36-43-50-57-70(3)4/h70-75,80H,8-69H2,1-7H3,(H,85,86)(H,87,88)/t72?,73-,74-,75-/m1/s1. The smallest absolute Gasteiger partial charge is 0.462 e. The summed E-state index contributed by atoms with van der Waals surface area (Å²) >= 11 is 0. The highest BCUT2D eigenvalue weighted by Crippen LogP contribution is 2.45. The Morgan fingerprint density at radius 1 is 0.296 bits per heavy atom. The molecule has 0 aromatic rings. The first-order valence-electron chi connectivity index (χ1n) is 40.9. The Kier molecular flexibility index (Phi) is 68.1. The minimum atomic E-state index is -4.96. The van der Waals surface area contributed by atoms with E-state index in [1.54, 1.807) is 0 Å². The van der Waals surface area contributed by atoms with Crippen LogP contribution in [-0.2, 0) is 65.4 Å². The van der Waals surface area contributed by atoms with Crippen LogP contribution in [0.4, 0.5) is 0 Å². The number of esters is 4. The lowest BCUT2D eigenvalue weighted by Gasteiger charge is -2.21. The van der Waals surface area contributed by atoms with Crippen LogP contribution in [0, 0.1) is 17.8 Å². The number of hydrogen-bond acceptors (Lipinski definition) is 15. The van der Waals surface area contributed by atoms with Gasteiger partial charge in [0.2, 0.25) is 0 Å². The number of aliphatic hydroxyl groups is 1. The zero-order valence-corrected chi connectivity index (χ0v) is 66.0. The van der Waals surface area contributed by atoms with Crippen molar-refractivity contribution in [3.05, 3.63) is 0 Å². The van der Waals surface area contributed by atoms with Crippen molar-refractivity contribution in [1.29, 1.82) is 0 Å². The van der Waals surface area contributed by atoms with Crippen LogP contribution in [0.1, 0.15) is 408 Å². The third-order valence-corrected chi connectivity index (χ3v) is 20.6. The zero-order chi connectivity index (χ0) is 72.3. The van der Waals surface area contributed by atoms with Crippen molar-refractivity contribution in [3.63, 3.8) is 0 Å². The average Bonchev–Trinajstić information content (AvgIpc) is 1.01. The van der Waals surface area contributed by atoms with Crippen LogP contribution in [0.5, 0.6) is 0 Å². The fraction of sp³-hybridized carbons (Fsp3) is 0.949. The summed E-state index contributed by atoms with van der Waals surface area (Å²) in [5.74, 6) is 0.202. The van der Waals surface area contributed by atoms with Crippen LogP contribution >= 0.6 is 15.6 Å². The topological polar surface area (TPSA) is 237 Å². The molecule has 0 aromatic carbocycles. The Morgan fingerprint density at radius 2 is 0.520 bits per heavy atom. The number of hydrogen-bond donors (Lipinski definition) is 3. The van der Waals surface area contributed by atoms with Gasteiger partial charge in [-0.05, 0) is 43.4 Å². The third-order valence-electron chi connectivity index (χ3n) is 18.7. The van der Waals surface area contributed by atoms with Crippen molar-refractivity contribution in [2.45, 2.75) is 426 Å². The molecule has 6 atom stereocenters. The van der Waals surface area contributed by atoms with E-state index < -0.39 is 97.5 Å². The summed E-state index contributed by atoms with van der Waals surface area (Å²) in [6, 6.07) is 0. The molecule has 0 aromatic heterocycles. The van der Waals surface area contributed by atoms with E-state index in [1.807, 2.05) is 0 Å². The molecule has 0 amide bonds. The van der Waals surface area contributed by atoms with Crippen molar-refractivity contribution in [3.8, 4) is 0 Å². The summed E-state index contributed by atoms with van der Waals surface area (Å²) in [6.07, 6.45) is 56.8. The minimum Gasteiger partial charge on any atom is -0.462 e. The molecule has 0 saturated carbocycles. The molecule has 98 heavy (non-hydrogen) atoms. The van der Waals surface area contributed by atoms with Gasteiger partial charge in [-0.25, -0.2) is 9.13 Å². The Balaban J connectivity index is 5.25. The van der Waals surface area contributed by atoms with Crippen molar-refractivity contribution >= 4 is 39.5 Å². The summed E-state index contributed by atoms with van der Waals surface area (Å²) in [5, 5.41) is 10.6. The largest absolute Gasteiger partial charge is 0.472 e. The molecular formula is C79H154O17P2. The van der Waals surface area contributed by atoms with E-state index >= 15 is 0 Å². The van der Waals surface area contributed by atoms with Gasteiger partial charge >= 0.3 is 39.5 Å². The fourth-order valence-corrected chi connectivity index (χ4v) is 13.7. The van der Waals surface area contributed by atoms with Crippen molar-refractivity contribution in [2.75, 3.05) is 39.6 Å². The van der Waals surface area contributed by atoms with Gasteiger partial charge in [0.1, 0.15) is 19.3 Å². The highest BCUT2D eigenvalue weighted by Gasteiger charge is 2.30. The maximum absolute atomic E-state index is 13.1. The maximum Gasteiger partial charge on any atom is 0.472 e. The Hall–Kier alpha value is -1.94. The van der Waals surface area contributed by atoms with E-state index in [2.05, 4.69) is 48.5 Å². The van der Waals surface area contributed by atoms with E-state index in [0.717, 1.165) is 114 Å². The molecule has 0 spiro atoms. The van der Waals surface area contributed by atoms with Gasteiger partial charge in [-0.15, -0.1) is 0 Å². The summed E-state index contributed by atoms with van der Waals surface area (Å²) in [7, 11) is -9.92. The van der Waals surface area contributed by atoms with Gasteiger partial charge in [-0.1, -0.05) is 357 Å². The monoisotopic (exact) mass is 1440 g/mol. The number of phosphoric acid groups is 2. The number of ether oxygens (including phenoxy) is 4. The molecule has 3 N–H and O–H groups in total. The quantitative estimate of drug-likeness (QED) is 0.0222. The van der Waals surface area contributed by atoms with Crippen LogP contribution in [0.15, 0.2) is 0 Å². The molecule has 0 aliphatic rings. The lowest BCUT2D eigenvalue weighted by molar-refractivity contribution is -0.161. The SMILES string of the molecule is CCCCCCCCCCCCCCCCCC(=O)O[C@H](COC(=O)CCCCCCCCC(C)CC)COP(=O)(O)OC[C@H](O)COP(=O)(O)OC[C@@H](COC(=O)CCCCCCCCCCCCCCC(C)C)OC(=O)CCCCCCCCCCCCCCCCCC(C)C. The predicted octanol–water partition coefficient (Wildman–Crippen LogP) is 23.4. The van der Waals surface area contributed by atoms with Gasteiger partial charge in [-0.3, -0.25) is 37.3 Å². The first-order chi connectivity index (χ1) is 47.3. The minimum absolute atomic E-state index is 0.107.